The van der Waals surface area contributed by atoms with Crippen LogP contribution < -0.4 is 10.6 Å². The van der Waals surface area contributed by atoms with E-state index >= 15 is 0 Å². The predicted molar refractivity (Wildman–Crippen MR) is 67.2 cm³/mol. The topological polar surface area (TPSA) is 64.3 Å². The van der Waals surface area contributed by atoms with Crippen LogP contribution in [0.15, 0.2) is 6.20 Å². The molecule has 1 aromatic rings. The molecule has 0 aliphatic carbocycles. The van der Waals surface area contributed by atoms with Gasteiger partial charge in [-0.15, -0.1) is 0 Å². The summed E-state index contributed by atoms with van der Waals surface area (Å²) in [6.07, 6.45) is 3.88. The molecule has 1 fully saturated rings. The number of morpholine rings is 1. The monoisotopic (exact) mass is 236 g/mol. The first kappa shape index (κ1) is 12.3. The number of hydrogen-bond acceptors (Lipinski definition) is 5. The van der Waals surface area contributed by atoms with E-state index in [9.17, 15) is 0 Å². The van der Waals surface area contributed by atoms with Crippen LogP contribution in [0.2, 0.25) is 0 Å². The summed E-state index contributed by atoms with van der Waals surface area (Å²) in [6.45, 7) is 6.03. The van der Waals surface area contributed by atoms with E-state index in [2.05, 4.69) is 14.9 Å². The van der Waals surface area contributed by atoms with Gasteiger partial charge in [0.2, 0.25) is 5.95 Å². The zero-order chi connectivity index (χ0) is 12.1. The molecule has 2 rings (SSSR count). The summed E-state index contributed by atoms with van der Waals surface area (Å²) >= 11 is 0. The minimum absolute atomic E-state index is 0.713. The lowest BCUT2D eigenvalue weighted by Crippen LogP contribution is -2.37. The van der Waals surface area contributed by atoms with E-state index in [0.29, 0.717) is 6.54 Å². The fourth-order valence-corrected chi connectivity index (χ4v) is 1.93. The summed E-state index contributed by atoms with van der Waals surface area (Å²) in [5.74, 6) is 0.822. The Balaban J connectivity index is 2.06. The number of anilines is 1. The van der Waals surface area contributed by atoms with Crippen molar-refractivity contribution >= 4 is 5.95 Å². The van der Waals surface area contributed by atoms with Gasteiger partial charge in [-0.25, -0.2) is 9.97 Å². The summed E-state index contributed by atoms with van der Waals surface area (Å²) in [7, 11) is 0. The maximum atomic E-state index is 5.51. The van der Waals surface area contributed by atoms with Gasteiger partial charge in [0.15, 0.2) is 0 Å². The molecule has 0 bridgehead atoms. The molecule has 2 heterocycles. The van der Waals surface area contributed by atoms with Gasteiger partial charge in [0.25, 0.3) is 0 Å². The average Bonchev–Trinajstić information content (AvgIpc) is 2.38. The van der Waals surface area contributed by atoms with Gasteiger partial charge in [0, 0.05) is 25.0 Å². The van der Waals surface area contributed by atoms with Crippen LogP contribution in [0.5, 0.6) is 0 Å². The van der Waals surface area contributed by atoms with E-state index in [1.165, 1.54) is 5.56 Å². The van der Waals surface area contributed by atoms with E-state index < -0.39 is 0 Å². The van der Waals surface area contributed by atoms with Crippen LogP contribution in [0.25, 0.3) is 0 Å². The number of ether oxygens (including phenoxy) is 1. The molecule has 5 nitrogen and oxygen atoms in total. The molecule has 0 amide bonds. The number of aromatic nitrogens is 2. The van der Waals surface area contributed by atoms with Gasteiger partial charge in [-0.1, -0.05) is 0 Å². The maximum Gasteiger partial charge on any atom is 0.225 e. The minimum Gasteiger partial charge on any atom is -0.378 e. The van der Waals surface area contributed by atoms with E-state index in [1.807, 2.05) is 13.1 Å². The molecule has 0 saturated carbocycles. The van der Waals surface area contributed by atoms with Crippen LogP contribution in [-0.4, -0.2) is 42.8 Å². The highest BCUT2D eigenvalue weighted by molar-refractivity contribution is 5.33. The third kappa shape index (κ3) is 3.14. The molecule has 5 heteroatoms. The highest BCUT2D eigenvalue weighted by Gasteiger charge is 2.14. The first-order valence-corrected chi connectivity index (χ1v) is 6.16. The highest BCUT2D eigenvalue weighted by Crippen LogP contribution is 2.13. The summed E-state index contributed by atoms with van der Waals surface area (Å²) in [5, 5.41) is 0. The van der Waals surface area contributed by atoms with E-state index in [1.54, 1.807) is 0 Å². The van der Waals surface area contributed by atoms with Crippen molar-refractivity contribution in [2.75, 3.05) is 37.7 Å². The molecule has 1 aromatic heterocycles. The molecule has 0 aromatic carbocycles. The molecular formula is C12H20N4O. The Hall–Kier alpha value is -1.20. The van der Waals surface area contributed by atoms with Gasteiger partial charge in [0.1, 0.15) is 0 Å². The van der Waals surface area contributed by atoms with Gasteiger partial charge in [-0.05, 0) is 31.9 Å². The molecule has 0 unspecified atom stereocenters. The lowest BCUT2D eigenvalue weighted by Gasteiger charge is -2.27. The average molecular weight is 236 g/mol. The Kier molecular flexibility index (Phi) is 4.28. The van der Waals surface area contributed by atoms with Gasteiger partial charge in [-0.2, -0.15) is 0 Å². The van der Waals surface area contributed by atoms with Crippen molar-refractivity contribution in [1.82, 2.24) is 9.97 Å². The number of rotatable bonds is 4. The van der Waals surface area contributed by atoms with Gasteiger partial charge < -0.3 is 15.4 Å². The van der Waals surface area contributed by atoms with Gasteiger partial charge >= 0.3 is 0 Å². The number of hydrogen-bond donors (Lipinski definition) is 1. The normalized spacial score (nSPS) is 16.2. The van der Waals surface area contributed by atoms with Gasteiger partial charge in [0.05, 0.1) is 13.2 Å². The van der Waals surface area contributed by atoms with Crippen molar-refractivity contribution in [1.29, 1.82) is 0 Å². The Labute approximate surface area is 102 Å². The van der Waals surface area contributed by atoms with Crippen molar-refractivity contribution in [3.63, 3.8) is 0 Å². The maximum absolute atomic E-state index is 5.51. The number of nitrogens with two attached hydrogens (primary N) is 1. The Morgan fingerprint density at radius 3 is 2.82 bits per heavy atom. The van der Waals surface area contributed by atoms with E-state index in [0.717, 1.165) is 50.8 Å². The van der Waals surface area contributed by atoms with Crippen LogP contribution in [0.4, 0.5) is 5.95 Å². The van der Waals surface area contributed by atoms with Crippen molar-refractivity contribution in [3.05, 3.63) is 17.5 Å². The minimum atomic E-state index is 0.713. The second kappa shape index (κ2) is 5.93. The first-order valence-electron chi connectivity index (χ1n) is 6.16. The molecule has 1 aliphatic heterocycles. The number of nitrogens with zero attached hydrogens (tertiary/aromatic N) is 3. The summed E-state index contributed by atoms with van der Waals surface area (Å²) in [4.78, 5) is 11.2. The molecule has 94 valence electrons. The number of aryl methyl sites for hydroxylation is 2. The molecule has 0 atom stereocenters. The van der Waals surface area contributed by atoms with Crippen LogP contribution in [0.1, 0.15) is 17.7 Å². The fourth-order valence-electron chi connectivity index (χ4n) is 1.93. The van der Waals surface area contributed by atoms with Crippen molar-refractivity contribution in [3.8, 4) is 0 Å². The third-order valence-corrected chi connectivity index (χ3v) is 3.01. The molecule has 1 aliphatic rings. The smallest absolute Gasteiger partial charge is 0.225 e. The van der Waals surface area contributed by atoms with Crippen LogP contribution in [0.3, 0.4) is 0 Å². The molecule has 0 spiro atoms. The van der Waals surface area contributed by atoms with Crippen LogP contribution in [-0.2, 0) is 11.2 Å². The van der Waals surface area contributed by atoms with Gasteiger partial charge in [-0.3, -0.25) is 0 Å². The van der Waals surface area contributed by atoms with E-state index in [4.69, 9.17) is 10.5 Å². The zero-order valence-electron chi connectivity index (χ0n) is 10.4. The van der Waals surface area contributed by atoms with Crippen LogP contribution in [0, 0.1) is 6.92 Å². The Morgan fingerprint density at radius 2 is 2.18 bits per heavy atom. The van der Waals surface area contributed by atoms with Crippen molar-refractivity contribution < 1.29 is 4.74 Å². The largest absolute Gasteiger partial charge is 0.378 e. The standard InChI is InChI=1S/C12H20N4O/c1-10-11(3-2-4-13)9-14-12(15-10)16-5-7-17-8-6-16/h9H,2-8,13H2,1H3. The lowest BCUT2D eigenvalue weighted by atomic mass is 10.1. The Bertz CT molecular complexity index is 364. The quantitative estimate of drug-likeness (QED) is 0.825. The highest BCUT2D eigenvalue weighted by atomic mass is 16.5. The molecule has 17 heavy (non-hydrogen) atoms. The molecular weight excluding hydrogens is 216 g/mol. The summed E-state index contributed by atoms with van der Waals surface area (Å²) in [6, 6.07) is 0. The predicted octanol–water partition coefficient (Wildman–Crippen LogP) is 0.513. The summed E-state index contributed by atoms with van der Waals surface area (Å²) < 4.78 is 5.32. The fraction of sp³-hybridized carbons (Fsp3) is 0.667. The van der Waals surface area contributed by atoms with E-state index in [-0.39, 0.29) is 0 Å². The Morgan fingerprint density at radius 1 is 1.41 bits per heavy atom. The SMILES string of the molecule is Cc1nc(N2CCOCC2)ncc1CCCN. The third-order valence-electron chi connectivity index (χ3n) is 3.01. The molecule has 2 N–H and O–H groups in total. The second-order valence-corrected chi connectivity index (χ2v) is 4.27. The molecule has 1 saturated heterocycles. The second-order valence-electron chi connectivity index (χ2n) is 4.27. The van der Waals surface area contributed by atoms with Crippen LogP contribution >= 0.6 is 0 Å². The lowest BCUT2D eigenvalue weighted by molar-refractivity contribution is 0.122. The molecule has 0 radical (unpaired) electrons. The summed E-state index contributed by atoms with van der Waals surface area (Å²) in [5.41, 5.74) is 7.78. The van der Waals surface area contributed by atoms with Crippen molar-refractivity contribution in [2.24, 2.45) is 5.73 Å². The zero-order valence-corrected chi connectivity index (χ0v) is 10.4. The first-order chi connectivity index (χ1) is 8.31. The van der Waals surface area contributed by atoms with Crippen molar-refractivity contribution in [2.45, 2.75) is 19.8 Å².